The summed E-state index contributed by atoms with van der Waals surface area (Å²) in [6.07, 6.45) is 6.97. The van der Waals surface area contributed by atoms with Gasteiger partial charge in [-0.25, -0.2) is 9.97 Å². The number of H-pyrrole nitrogens is 1. The van der Waals surface area contributed by atoms with Gasteiger partial charge >= 0.3 is 0 Å². The van der Waals surface area contributed by atoms with Gasteiger partial charge < -0.3 is 20.4 Å². The molecular weight excluding hydrogens is 466 g/mol. The number of fused-ring (bicyclic) bond motifs is 1. The van der Waals surface area contributed by atoms with E-state index in [1.54, 1.807) is 0 Å². The van der Waals surface area contributed by atoms with Gasteiger partial charge in [-0.3, -0.25) is 9.59 Å². The minimum absolute atomic E-state index is 0.0575. The van der Waals surface area contributed by atoms with Crippen LogP contribution in [0.1, 0.15) is 74.0 Å². The SMILES string of the molecule is CCC(=O)N[C@@H]1CC[C@H](NC(=O)c2c(C)[nH]c3c(-c4cc(C)ccc4OCC4CC4)ncnc23)C[C@H]1C. The number of aromatic amines is 1. The number of aromatic nitrogens is 3. The molecule has 1 aromatic carbocycles. The molecule has 0 radical (unpaired) electrons. The lowest BCUT2D eigenvalue weighted by Gasteiger charge is -2.35. The number of carbonyl (C=O) groups excluding carboxylic acids is 2. The molecule has 3 atom stereocenters. The van der Waals surface area contributed by atoms with Crippen molar-refractivity contribution in [2.45, 2.75) is 78.3 Å². The van der Waals surface area contributed by atoms with E-state index in [4.69, 9.17) is 4.74 Å². The largest absolute Gasteiger partial charge is 0.493 e. The van der Waals surface area contributed by atoms with E-state index >= 15 is 0 Å². The van der Waals surface area contributed by atoms with Gasteiger partial charge in [-0.1, -0.05) is 25.5 Å². The van der Waals surface area contributed by atoms with E-state index in [9.17, 15) is 9.59 Å². The summed E-state index contributed by atoms with van der Waals surface area (Å²) in [7, 11) is 0. The minimum Gasteiger partial charge on any atom is -0.493 e. The number of ether oxygens (including phenoxy) is 1. The molecule has 2 fully saturated rings. The number of rotatable bonds is 8. The van der Waals surface area contributed by atoms with Gasteiger partial charge in [0.15, 0.2) is 0 Å². The first-order valence-corrected chi connectivity index (χ1v) is 13.5. The molecule has 0 spiro atoms. The average Bonchev–Trinajstić information content (AvgIpc) is 3.64. The molecule has 3 N–H and O–H groups in total. The van der Waals surface area contributed by atoms with Crippen LogP contribution >= 0.6 is 0 Å². The van der Waals surface area contributed by atoms with Gasteiger partial charge in [-0.05, 0) is 69.9 Å². The summed E-state index contributed by atoms with van der Waals surface area (Å²) in [5.74, 6) is 1.69. The Kier molecular flexibility index (Phi) is 7.17. The standard InChI is InChI=1S/C29H37N5O3/c1-5-24(35)34-22-10-9-20(13-17(22)3)33-29(36)25-18(4)32-28-26(30-15-31-27(25)28)21-12-16(2)6-11-23(21)37-14-19-7-8-19/h6,11-12,15,17,19-20,22,32H,5,7-10,13-14H2,1-4H3,(H,33,36)(H,34,35)/t17-,20+,22-/m1/s1. The molecular formula is C29H37N5O3. The molecule has 0 saturated heterocycles. The summed E-state index contributed by atoms with van der Waals surface area (Å²) in [6, 6.07) is 6.35. The number of amides is 2. The molecule has 0 bridgehead atoms. The molecule has 196 valence electrons. The summed E-state index contributed by atoms with van der Waals surface area (Å²) < 4.78 is 6.17. The molecule has 2 heterocycles. The summed E-state index contributed by atoms with van der Waals surface area (Å²) in [5.41, 5.74) is 5.43. The molecule has 2 saturated carbocycles. The Morgan fingerprint density at radius 1 is 1.11 bits per heavy atom. The third kappa shape index (κ3) is 5.48. The zero-order valence-electron chi connectivity index (χ0n) is 22.2. The third-order valence-electron chi connectivity index (χ3n) is 7.73. The van der Waals surface area contributed by atoms with Crippen molar-refractivity contribution in [3.8, 4) is 17.0 Å². The average molecular weight is 504 g/mol. The van der Waals surface area contributed by atoms with Crippen LogP contribution in [-0.4, -0.2) is 45.5 Å². The molecule has 8 heteroatoms. The molecule has 2 aliphatic rings. The normalized spacial score (nSPS) is 21.6. The Labute approximate surface area is 218 Å². The summed E-state index contributed by atoms with van der Waals surface area (Å²) in [6.45, 7) is 8.67. The van der Waals surface area contributed by atoms with Crippen molar-refractivity contribution in [3.05, 3.63) is 41.3 Å². The molecule has 8 nitrogen and oxygen atoms in total. The van der Waals surface area contributed by atoms with Crippen molar-refractivity contribution in [1.82, 2.24) is 25.6 Å². The molecule has 5 rings (SSSR count). The van der Waals surface area contributed by atoms with Crippen LogP contribution in [0.25, 0.3) is 22.3 Å². The van der Waals surface area contributed by atoms with E-state index in [2.05, 4.69) is 45.5 Å². The number of benzene rings is 1. The van der Waals surface area contributed by atoms with E-state index in [0.717, 1.165) is 53.0 Å². The van der Waals surface area contributed by atoms with E-state index in [-0.39, 0.29) is 23.9 Å². The lowest BCUT2D eigenvalue weighted by Crippen LogP contribution is -2.48. The number of aryl methyl sites for hydroxylation is 2. The van der Waals surface area contributed by atoms with Crippen LogP contribution in [0.5, 0.6) is 5.75 Å². The Bertz CT molecular complexity index is 1310. The van der Waals surface area contributed by atoms with Crippen molar-refractivity contribution >= 4 is 22.8 Å². The zero-order valence-corrected chi connectivity index (χ0v) is 22.2. The van der Waals surface area contributed by atoms with Gasteiger partial charge in [0.1, 0.15) is 23.3 Å². The fourth-order valence-corrected chi connectivity index (χ4v) is 5.36. The topological polar surface area (TPSA) is 109 Å². The first kappa shape index (κ1) is 25.2. The van der Waals surface area contributed by atoms with Crippen molar-refractivity contribution in [3.63, 3.8) is 0 Å². The first-order valence-electron chi connectivity index (χ1n) is 13.5. The van der Waals surface area contributed by atoms with Crippen LogP contribution in [0.15, 0.2) is 24.5 Å². The molecule has 0 unspecified atom stereocenters. The maximum Gasteiger partial charge on any atom is 0.255 e. The van der Waals surface area contributed by atoms with Gasteiger partial charge in [-0.15, -0.1) is 0 Å². The predicted molar refractivity (Wildman–Crippen MR) is 144 cm³/mol. The van der Waals surface area contributed by atoms with E-state index < -0.39 is 0 Å². The molecule has 2 aliphatic carbocycles. The van der Waals surface area contributed by atoms with Crippen molar-refractivity contribution in [2.24, 2.45) is 11.8 Å². The smallest absolute Gasteiger partial charge is 0.255 e. The molecule has 2 amide bonds. The minimum atomic E-state index is -0.129. The fourth-order valence-electron chi connectivity index (χ4n) is 5.36. The Balaban J connectivity index is 1.38. The predicted octanol–water partition coefficient (Wildman–Crippen LogP) is 4.84. The van der Waals surface area contributed by atoms with Crippen LogP contribution < -0.4 is 15.4 Å². The van der Waals surface area contributed by atoms with Gasteiger partial charge in [-0.2, -0.15) is 0 Å². The van der Waals surface area contributed by atoms with Gasteiger partial charge in [0, 0.05) is 29.8 Å². The van der Waals surface area contributed by atoms with Gasteiger partial charge in [0.05, 0.1) is 17.7 Å². The maximum absolute atomic E-state index is 13.5. The maximum atomic E-state index is 13.5. The number of hydrogen-bond donors (Lipinski definition) is 3. The zero-order chi connectivity index (χ0) is 26.1. The van der Waals surface area contributed by atoms with Gasteiger partial charge in [0.2, 0.25) is 5.91 Å². The highest BCUT2D eigenvalue weighted by atomic mass is 16.5. The molecule has 37 heavy (non-hydrogen) atoms. The van der Waals surface area contributed by atoms with Crippen LogP contribution in [0.2, 0.25) is 0 Å². The van der Waals surface area contributed by atoms with Crippen LogP contribution in [0.3, 0.4) is 0 Å². The highest BCUT2D eigenvalue weighted by Gasteiger charge is 2.31. The Morgan fingerprint density at radius 3 is 2.65 bits per heavy atom. The van der Waals surface area contributed by atoms with Crippen LogP contribution in [0, 0.1) is 25.7 Å². The quantitative estimate of drug-likeness (QED) is 0.407. The molecule has 2 aromatic heterocycles. The first-order chi connectivity index (χ1) is 17.8. The van der Waals surface area contributed by atoms with E-state index in [1.807, 2.05) is 26.0 Å². The Morgan fingerprint density at radius 2 is 1.92 bits per heavy atom. The number of hydrogen-bond acceptors (Lipinski definition) is 5. The fraction of sp³-hybridized carbons (Fsp3) is 0.517. The second-order valence-corrected chi connectivity index (χ2v) is 10.8. The molecule has 0 aliphatic heterocycles. The van der Waals surface area contributed by atoms with Crippen molar-refractivity contribution in [2.75, 3.05) is 6.61 Å². The second-order valence-electron chi connectivity index (χ2n) is 10.8. The lowest BCUT2D eigenvalue weighted by atomic mass is 9.82. The summed E-state index contributed by atoms with van der Waals surface area (Å²) in [4.78, 5) is 37.8. The second kappa shape index (κ2) is 10.5. The van der Waals surface area contributed by atoms with Gasteiger partial charge in [0.25, 0.3) is 5.91 Å². The highest BCUT2D eigenvalue weighted by molar-refractivity contribution is 6.09. The highest BCUT2D eigenvalue weighted by Crippen LogP contribution is 2.37. The summed E-state index contributed by atoms with van der Waals surface area (Å²) in [5, 5.41) is 6.35. The monoisotopic (exact) mass is 503 g/mol. The van der Waals surface area contributed by atoms with E-state index in [0.29, 0.717) is 35.9 Å². The number of nitrogens with zero attached hydrogens (tertiary/aromatic N) is 2. The third-order valence-corrected chi connectivity index (χ3v) is 7.73. The van der Waals surface area contributed by atoms with Crippen molar-refractivity contribution < 1.29 is 14.3 Å². The molecule has 3 aromatic rings. The van der Waals surface area contributed by atoms with Crippen LogP contribution in [0.4, 0.5) is 0 Å². The number of nitrogens with one attached hydrogen (secondary N) is 3. The van der Waals surface area contributed by atoms with E-state index in [1.165, 1.54) is 19.2 Å². The summed E-state index contributed by atoms with van der Waals surface area (Å²) >= 11 is 0. The van der Waals surface area contributed by atoms with Crippen LogP contribution in [-0.2, 0) is 4.79 Å². The van der Waals surface area contributed by atoms with Crippen molar-refractivity contribution in [1.29, 1.82) is 0 Å². The number of carbonyl (C=O) groups is 2. The Hall–Kier alpha value is -3.42. The lowest BCUT2D eigenvalue weighted by molar-refractivity contribution is -0.122.